The summed E-state index contributed by atoms with van der Waals surface area (Å²) in [5.74, 6) is 0. The van der Waals surface area contributed by atoms with Crippen molar-refractivity contribution in [2.75, 3.05) is 11.3 Å². The van der Waals surface area contributed by atoms with Gasteiger partial charge in [-0.25, -0.2) is 13.4 Å². The van der Waals surface area contributed by atoms with E-state index in [1.165, 1.54) is 28.4 Å². The Morgan fingerprint density at radius 2 is 2.14 bits per heavy atom. The summed E-state index contributed by atoms with van der Waals surface area (Å²) in [5, 5.41) is 6.17. The average Bonchev–Trinajstić information content (AvgIpc) is 2.97. The molecule has 116 valence electrons. The second kappa shape index (κ2) is 5.74. The molecule has 7 nitrogen and oxygen atoms in total. The van der Waals surface area contributed by atoms with Crippen LogP contribution in [0.25, 0.3) is 0 Å². The molecule has 0 amide bonds. The van der Waals surface area contributed by atoms with Gasteiger partial charge in [0.1, 0.15) is 4.90 Å². The molecule has 21 heavy (non-hydrogen) atoms. The summed E-state index contributed by atoms with van der Waals surface area (Å²) >= 11 is 1.27. The molecular formula is C12H19N5O2S2. The van der Waals surface area contributed by atoms with Crippen molar-refractivity contribution in [1.82, 2.24) is 14.8 Å². The number of nitrogens with two attached hydrogens (primary N) is 1. The molecule has 0 aliphatic rings. The van der Waals surface area contributed by atoms with Crippen molar-refractivity contribution in [2.24, 2.45) is 5.73 Å². The SMILES string of the molecule is CC(C)(C)c1csc(NS(=O)(=O)c2cnn(CCN)c2)n1. The molecule has 2 heterocycles. The zero-order chi connectivity index (χ0) is 15.7. The van der Waals surface area contributed by atoms with Gasteiger partial charge < -0.3 is 5.73 Å². The highest BCUT2D eigenvalue weighted by atomic mass is 32.2. The normalized spacial score (nSPS) is 12.6. The molecule has 0 aliphatic heterocycles. The number of hydrogen-bond donors (Lipinski definition) is 2. The first-order valence-electron chi connectivity index (χ1n) is 6.44. The van der Waals surface area contributed by atoms with Crippen LogP contribution in [-0.4, -0.2) is 29.7 Å². The number of anilines is 1. The van der Waals surface area contributed by atoms with Crippen LogP contribution >= 0.6 is 11.3 Å². The molecule has 0 unspecified atom stereocenters. The van der Waals surface area contributed by atoms with Crippen LogP contribution in [0.1, 0.15) is 26.5 Å². The minimum Gasteiger partial charge on any atom is -0.329 e. The number of nitrogens with one attached hydrogen (secondary N) is 1. The molecule has 2 rings (SSSR count). The maximum absolute atomic E-state index is 12.2. The molecule has 0 bridgehead atoms. The maximum Gasteiger partial charge on any atom is 0.266 e. The van der Waals surface area contributed by atoms with Gasteiger partial charge in [-0.05, 0) is 0 Å². The zero-order valence-corrected chi connectivity index (χ0v) is 13.8. The molecule has 0 atom stereocenters. The second-order valence-corrected chi connectivity index (χ2v) is 8.16. The van der Waals surface area contributed by atoms with Crippen LogP contribution in [0.5, 0.6) is 0 Å². The fourth-order valence-corrected chi connectivity index (χ4v) is 3.72. The Labute approximate surface area is 128 Å². The van der Waals surface area contributed by atoms with E-state index >= 15 is 0 Å². The van der Waals surface area contributed by atoms with Gasteiger partial charge in [0.25, 0.3) is 10.0 Å². The number of thiazole rings is 1. The standard InChI is InChI=1S/C12H19N5O2S2/c1-12(2,3)10-8-20-11(15-10)16-21(18,19)9-6-14-17(7-9)5-4-13/h6-8H,4-5,13H2,1-3H3,(H,15,16). The van der Waals surface area contributed by atoms with Gasteiger partial charge in [-0.1, -0.05) is 20.8 Å². The third-order valence-electron chi connectivity index (χ3n) is 2.77. The topological polar surface area (TPSA) is 103 Å². The molecule has 0 aliphatic carbocycles. The van der Waals surface area contributed by atoms with Crippen molar-refractivity contribution >= 4 is 26.5 Å². The Morgan fingerprint density at radius 3 is 2.71 bits per heavy atom. The third kappa shape index (κ3) is 3.80. The van der Waals surface area contributed by atoms with E-state index in [-0.39, 0.29) is 10.3 Å². The molecular weight excluding hydrogens is 310 g/mol. The van der Waals surface area contributed by atoms with Gasteiger partial charge in [0.05, 0.1) is 18.4 Å². The van der Waals surface area contributed by atoms with Gasteiger partial charge >= 0.3 is 0 Å². The van der Waals surface area contributed by atoms with Crippen LogP contribution in [0, 0.1) is 0 Å². The van der Waals surface area contributed by atoms with Crippen LogP contribution in [0.15, 0.2) is 22.7 Å². The molecule has 0 saturated heterocycles. The highest BCUT2D eigenvalue weighted by Gasteiger charge is 2.21. The first-order chi connectivity index (χ1) is 9.72. The average molecular weight is 329 g/mol. The molecule has 0 saturated carbocycles. The quantitative estimate of drug-likeness (QED) is 0.863. The van der Waals surface area contributed by atoms with Crippen molar-refractivity contribution in [1.29, 1.82) is 0 Å². The fraction of sp³-hybridized carbons (Fsp3) is 0.500. The van der Waals surface area contributed by atoms with Crippen molar-refractivity contribution in [3.05, 3.63) is 23.5 Å². The number of aromatic nitrogens is 3. The highest BCUT2D eigenvalue weighted by Crippen LogP contribution is 2.27. The van der Waals surface area contributed by atoms with E-state index in [0.29, 0.717) is 18.2 Å². The van der Waals surface area contributed by atoms with Gasteiger partial charge in [-0.15, -0.1) is 11.3 Å². The van der Waals surface area contributed by atoms with E-state index in [4.69, 9.17) is 5.73 Å². The van der Waals surface area contributed by atoms with E-state index in [1.807, 2.05) is 26.2 Å². The van der Waals surface area contributed by atoms with Gasteiger partial charge in [0.2, 0.25) is 0 Å². The highest BCUT2D eigenvalue weighted by molar-refractivity contribution is 7.93. The minimum atomic E-state index is -3.67. The summed E-state index contributed by atoms with van der Waals surface area (Å²) < 4.78 is 28.5. The summed E-state index contributed by atoms with van der Waals surface area (Å²) in [5.41, 5.74) is 6.14. The summed E-state index contributed by atoms with van der Waals surface area (Å²) in [4.78, 5) is 4.42. The van der Waals surface area contributed by atoms with Gasteiger partial charge in [0, 0.05) is 23.5 Å². The Balaban J connectivity index is 2.18. The summed E-state index contributed by atoms with van der Waals surface area (Å²) in [6.07, 6.45) is 2.75. The van der Waals surface area contributed by atoms with Crippen molar-refractivity contribution in [3.8, 4) is 0 Å². The maximum atomic E-state index is 12.2. The molecule has 0 fully saturated rings. The van der Waals surface area contributed by atoms with Gasteiger partial charge in [-0.3, -0.25) is 9.40 Å². The first kappa shape index (κ1) is 15.9. The number of rotatable bonds is 5. The second-order valence-electron chi connectivity index (χ2n) is 5.62. The number of nitrogens with zero attached hydrogens (tertiary/aromatic N) is 3. The lowest BCUT2D eigenvalue weighted by Gasteiger charge is -2.14. The number of hydrogen-bond acceptors (Lipinski definition) is 6. The zero-order valence-electron chi connectivity index (χ0n) is 12.2. The molecule has 2 aromatic heterocycles. The smallest absolute Gasteiger partial charge is 0.266 e. The van der Waals surface area contributed by atoms with Crippen molar-refractivity contribution in [3.63, 3.8) is 0 Å². The lowest BCUT2D eigenvalue weighted by Crippen LogP contribution is -2.14. The largest absolute Gasteiger partial charge is 0.329 e. The third-order valence-corrected chi connectivity index (χ3v) is 4.95. The van der Waals surface area contributed by atoms with Crippen LogP contribution in [-0.2, 0) is 22.0 Å². The van der Waals surface area contributed by atoms with E-state index < -0.39 is 10.0 Å². The summed E-state index contributed by atoms with van der Waals surface area (Å²) in [6, 6.07) is 0. The monoisotopic (exact) mass is 329 g/mol. The van der Waals surface area contributed by atoms with E-state index in [9.17, 15) is 8.42 Å². The van der Waals surface area contributed by atoms with Crippen molar-refractivity contribution in [2.45, 2.75) is 37.6 Å². The lowest BCUT2D eigenvalue weighted by molar-refractivity contribution is 0.573. The predicted molar refractivity (Wildman–Crippen MR) is 82.9 cm³/mol. The molecule has 9 heteroatoms. The first-order valence-corrected chi connectivity index (χ1v) is 8.80. The Kier molecular flexibility index (Phi) is 4.35. The van der Waals surface area contributed by atoms with Crippen LogP contribution in [0.3, 0.4) is 0 Å². The fourth-order valence-electron chi connectivity index (χ4n) is 1.58. The predicted octanol–water partition coefficient (Wildman–Crippen LogP) is 1.40. The van der Waals surface area contributed by atoms with Crippen LogP contribution in [0.2, 0.25) is 0 Å². The summed E-state index contributed by atoms with van der Waals surface area (Å²) in [7, 11) is -3.67. The summed E-state index contributed by atoms with van der Waals surface area (Å²) in [6.45, 7) is 6.95. The Morgan fingerprint density at radius 1 is 1.43 bits per heavy atom. The van der Waals surface area contributed by atoms with Gasteiger partial charge in [-0.2, -0.15) is 5.10 Å². The molecule has 0 aromatic carbocycles. The Hall–Kier alpha value is -1.45. The Bertz CT molecular complexity index is 712. The molecule has 0 radical (unpaired) electrons. The van der Waals surface area contributed by atoms with Crippen LogP contribution in [0.4, 0.5) is 5.13 Å². The van der Waals surface area contributed by atoms with Gasteiger partial charge in [0.15, 0.2) is 5.13 Å². The van der Waals surface area contributed by atoms with Crippen molar-refractivity contribution < 1.29 is 8.42 Å². The van der Waals surface area contributed by atoms with E-state index in [1.54, 1.807) is 0 Å². The van der Waals surface area contributed by atoms with E-state index in [2.05, 4.69) is 14.8 Å². The van der Waals surface area contributed by atoms with E-state index in [0.717, 1.165) is 5.69 Å². The molecule has 0 spiro atoms. The molecule has 2 aromatic rings. The minimum absolute atomic E-state index is 0.100. The molecule has 3 N–H and O–H groups in total. The lowest BCUT2D eigenvalue weighted by atomic mass is 9.93. The number of sulfonamides is 1. The van der Waals surface area contributed by atoms with Crippen LogP contribution < -0.4 is 10.5 Å².